The molecule has 3 nitrogen and oxygen atoms in total. The highest BCUT2D eigenvalue weighted by Crippen LogP contribution is 2.18. The van der Waals surface area contributed by atoms with E-state index in [0.717, 1.165) is 22.2 Å². The third kappa shape index (κ3) is 2.93. The molecule has 0 saturated heterocycles. The molecule has 0 atom stereocenters. The van der Waals surface area contributed by atoms with Gasteiger partial charge >= 0.3 is 0 Å². The Labute approximate surface area is 120 Å². The maximum atomic E-state index is 12.2. The normalized spacial score (nSPS) is 10.3. The van der Waals surface area contributed by atoms with E-state index >= 15 is 0 Å². The van der Waals surface area contributed by atoms with Crippen molar-refractivity contribution < 1.29 is 4.79 Å². The third-order valence-electron chi connectivity index (χ3n) is 2.65. The van der Waals surface area contributed by atoms with Crippen molar-refractivity contribution in [3.05, 3.63) is 51.9 Å². The Morgan fingerprint density at radius 1 is 1.28 bits per heavy atom. The van der Waals surface area contributed by atoms with Gasteiger partial charge in [0.25, 0.3) is 5.91 Å². The lowest BCUT2D eigenvalue weighted by atomic mass is 10.3. The number of aryl methyl sites for hydroxylation is 1. The van der Waals surface area contributed by atoms with E-state index < -0.39 is 0 Å². The molecule has 18 heavy (non-hydrogen) atoms. The molecule has 0 radical (unpaired) electrons. The van der Waals surface area contributed by atoms with Gasteiger partial charge in [-0.25, -0.2) is 0 Å². The van der Waals surface area contributed by atoms with E-state index in [1.807, 2.05) is 47.2 Å². The number of amides is 1. The van der Waals surface area contributed by atoms with E-state index in [1.165, 1.54) is 0 Å². The van der Waals surface area contributed by atoms with Gasteiger partial charge in [0.05, 0.1) is 5.69 Å². The first kappa shape index (κ1) is 13.1. The standard InChI is InChI=1S/C14H15IN2O/c1-2-9-17-10-5-8-13(17)14(18)16-12-7-4-3-6-11(12)15/h3-8,10H,2,9H2,1H3,(H,16,18). The summed E-state index contributed by atoms with van der Waals surface area (Å²) in [7, 11) is 0. The molecule has 2 aromatic rings. The van der Waals surface area contributed by atoms with Gasteiger partial charge in [0.2, 0.25) is 0 Å². The fraction of sp³-hybridized carbons (Fsp3) is 0.214. The second-order valence-corrected chi connectivity index (χ2v) is 5.18. The molecule has 0 aliphatic carbocycles. The predicted octanol–water partition coefficient (Wildman–Crippen LogP) is 3.76. The quantitative estimate of drug-likeness (QED) is 0.834. The van der Waals surface area contributed by atoms with Crippen LogP contribution in [-0.2, 0) is 6.54 Å². The highest BCUT2D eigenvalue weighted by atomic mass is 127. The number of para-hydroxylation sites is 1. The van der Waals surface area contributed by atoms with Crippen LogP contribution in [0.4, 0.5) is 5.69 Å². The molecule has 0 spiro atoms. The lowest BCUT2D eigenvalue weighted by Gasteiger charge is -2.09. The van der Waals surface area contributed by atoms with Crippen LogP contribution >= 0.6 is 22.6 Å². The van der Waals surface area contributed by atoms with E-state index in [2.05, 4.69) is 34.8 Å². The minimum absolute atomic E-state index is 0.0578. The largest absolute Gasteiger partial charge is 0.344 e. The van der Waals surface area contributed by atoms with Crippen LogP contribution in [0.3, 0.4) is 0 Å². The van der Waals surface area contributed by atoms with Crippen LogP contribution in [-0.4, -0.2) is 10.5 Å². The van der Waals surface area contributed by atoms with Gasteiger partial charge in [-0.3, -0.25) is 4.79 Å². The summed E-state index contributed by atoms with van der Waals surface area (Å²) in [4.78, 5) is 12.2. The number of carbonyl (C=O) groups excluding carboxylic acids is 1. The van der Waals surface area contributed by atoms with Crippen LogP contribution in [0.25, 0.3) is 0 Å². The molecule has 0 saturated carbocycles. The second-order valence-electron chi connectivity index (χ2n) is 4.02. The fourth-order valence-corrected chi connectivity index (χ4v) is 2.33. The molecule has 1 N–H and O–H groups in total. The average Bonchev–Trinajstić information content (AvgIpc) is 2.81. The second kappa shape index (κ2) is 6.04. The maximum Gasteiger partial charge on any atom is 0.272 e. The van der Waals surface area contributed by atoms with Crippen molar-refractivity contribution in [3.8, 4) is 0 Å². The number of nitrogens with one attached hydrogen (secondary N) is 1. The number of benzene rings is 1. The number of hydrogen-bond acceptors (Lipinski definition) is 1. The number of hydrogen-bond donors (Lipinski definition) is 1. The summed E-state index contributed by atoms with van der Waals surface area (Å²) >= 11 is 2.22. The molecule has 1 heterocycles. The summed E-state index contributed by atoms with van der Waals surface area (Å²) in [6, 6.07) is 11.5. The Morgan fingerprint density at radius 2 is 2.06 bits per heavy atom. The molecule has 4 heteroatoms. The molecule has 94 valence electrons. The van der Waals surface area contributed by atoms with Crippen molar-refractivity contribution >= 4 is 34.2 Å². The first-order chi connectivity index (χ1) is 8.72. The number of aromatic nitrogens is 1. The van der Waals surface area contributed by atoms with Crippen LogP contribution in [0, 0.1) is 3.57 Å². The Kier molecular flexibility index (Phi) is 4.41. The summed E-state index contributed by atoms with van der Waals surface area (Å²) in [6.07, 6.45) is 2.95. The smallest absolute Gasteiger partial charge is 0.272 e. The van der Waals surface area contributed by atoms with Gasteiger partial charge in [0.1, 0.15) is 5.69 Å². The van der Waals surface area contributed by atoms with E-state index in [9.17, 15) is 4.79 Å². The molecule has 1 aromatic heterocycles. The van der Waals surface area contributed by atoms with Crippen LogP contribution < -0.4 is 5.32 Å². The van der Waals surface area contributed by atoms with Crippen LogP contribution in [0.15, 0.2) is 42.6 Å². The van der Waals surface area contributed by atoms with Crippen molar-refractivity contribution in [3.63, 3.8) is 0 Å². The summed E-state index contributed by atoms with van der Waals surface area (Å²) in [5, 5.41) is 2.94. The van der Waals surface area contributed by atoms with E-state index in [0.29, 0.717) is 5.69 Å². The monoisotopic (exact) mass is 354 g/mol. The number of halogens is 1. The van der Waals surface area contributed by atoms with Crippen molar-refractivity contribution in [1.29, 1.82) is 0 Å². The Morgan fingerprint density at radius 3 is 2.78 bits per heavy atom. The maximum absolute atomic E-state index is 12.2. The topological polar surface area (TPSA) is 34.0 Å². The van der Waals surface area contributed by atoms with Crippen LogP contribution in [0.1, 0.15) is 23.8 Å². The minimum Gasteiger partial charge on any atom is -0.344 e. The van der Waals surface area contributed by atoms with Gasteiger partial charge in [-0.05, 0) is 53.3 Å². The molecule has 1 amide bonds. The van der Waals surface area contributed by atoms with Gasteiger partial charge in [-0.1, -0.05) is 19.1 Å². The van der Waals surface area contributed by atoms with Gasteiger partial charge in [-0.15, -0.1) is 0 Å². The summed E-state index contributed by atoms with van der Waals surface area (Å²) in [5.41, 5.74) is 1.56. The molecule has 2 rings (SSSR count). The molecule has 1 aromatic carbocycles. The molecule has 0 aliphatic rings. The summed E-state index contributed by atoms with van der Waals surface area (Å²) in [5.74, 6) is -0.0578. The van der Waals surface area contributed by atoms with Gasteiger partial charge in [-0.2, -0.15) is 0 Å². The first-order valence-corrected chi connectivity index (χ1v) is 7.01. The van der Waals surface area contributed by atoms with Crippen molar-refractivity contribution in [1.82, 2.24) is 4.57 Å². The number of anilines is 1. The van der Waals surface area contributed by atoms with Crippen molar-refractivity contribution in [2.45, 2.75) is 19.9 Å². The molecule has 0 bridgehead atoms. The lowest BCUT2D eigenvalue weighted by molar-refractivity contribution is 0.101. The highest BCUT2D eigenvalue weighted by molar-refractivity contribution is 14.1. The zero-order chi connectivity index (χ0) is 13.0. The Hall–Kier alpha value is -1.30. The summed E-state index contributed by atoms with van der Waals surface area (Å²) < 4.78 is 3.02. The predicted molar refractivity (Wildman–Crippen MR) is 81.8 cm³/mol. The number of nitrogens with zero attached hydrogens (tertiary/aromatic N) is 1. The van der Waals surface area contributed by atoms with E-state index in [1.54, 1.807) is 0 Å². The van der Waals surface area contributed by atoms with Crippen molar-refractivity contribution in [2.24, 2.45) is 0 Å². The Bertz CT molecular complexity index is 548. The Balaban J connectivity index is 2.17. The lowest BCUT2D eigenvalue weighted by Crippen LogP contribution is -2.17. The minimum atomic E-state index is -0.0578. The zero-order valence-electron chi connectivity index (χ0n) is 10.2. The number of carbonyl (C=O) groups is 1. The number of rotatable bonds is 4. The van der Waals surface area contributed by atoms with Crippen molar-refractivity contribution in [2.75, 3.05) is 5.32 Å². The average molecular weight is 354 g/mol. The molecule has 0 aliphatic heterocycles. The summed E-state index contributed by atoms with van der Waals surface area (Å²) in [6.45, 7) is 2.96. The highest BCUT2D eigenvalue weighted by Gasteiger charge is 2.11. The van der Waals surface area contributed by atoms with E-state index in [-0.39, 0.29) is 5.91 Å². The third-order valence-corrected chi connectivity index (χ3v) is 3.59. The molecule has 0 fully saturated rings. The zero-order valence-corrected chi connectivity index (χ0v) is 12.3. The SMILES string of the molecule is CCCn1cccc1C(=O)Nc1ccccc1I. The van der Waals surface area contributed by atoms with Crippen LogP contribution in [0.5, 0.6) is 0 Å². The van der Waals surface area contributed by atoms with Crippen LogP contribution in [0.2, 0.25) is 0 Å². The molecular formula is C14H15IN2O. The van der Waals surface area contributed by atoms with Gasteiger partial charge in [0.15, 0.2) is 0 Å². The first-order valence-electron chi connectivity index (χ1n) is 5.93. The van der Waals surface area contributed by atoms with E-state index in [4.69, 9.17) is 0 Å². The van der Waals surface area contributed by atoms with Gasteiger partial charge in [0, 0.05) is 16.3 Å². The molecule has 0 unspecified atom stereocenters. The fourth-order valence-electron chi connectivity index (χ4n) is 1.81. The van der Waals surface area contributed by atoms with Gasteiger partial charge < -0.3 is 9.88 Å². The molecular weight excluding hydrogens is 339 g/mol.